The number of nitrogens with zero attached hydrogens (tertiary/aromatic N) is 2. The first kappa shape index (κ1) is 39.0. The molecule has 2 aliphatic heterocycles. The maximum Gasteiger partial charge on any atom is 0.261 e. The molecule has 13 heteroatoms. The molecule has 5 aromatic rings. The molecule has 0 saturated carbocycles. The Morgan fingerprint density at radius 1 is 1.02 bits per heavy atom. The number of Topliss-reactive ketones (excluding diaryl/α,β-unsaturated/α-hetero) is 1. The number of fused-ring (bicyclic) bond motifs is 5. The summed E-state index contributed by atoms with van der Waals surface area (Å²) in [5.41, 5.74) is 4.78. The number of methoxy groups -OCH3 is 1. The first-order chi connectivity index (χ1) is 26.9. The van der Waals surface area contributed by atoms with E-state index < -0.39 is 0 Å². The molecule has 0 radical (unpaired) electrons. The van der Waals surface area contributed by atoms with E-state index in [1.807, 2.05) is 61.0 Å². The topological polar surface area (TPSA) is 126 Å². The van der Waals surface area contributed by atoms with Crippen LogP contribution in [0.3, 0.4) is 0 Å². The normalized spacial score (nSPS) is 15.0. The molecule has 1 aromatic heterocycles. The number of hydrogen-bond acceptors (Lipinski definition) is 9. The standard InChI is InChI=1S/C43H42N4O6S3/c1-43(2,56(4)54)25-45-41(50)39-21-29-17-26(14-15-38(29)55-39)18-35(48)28-10-7-11-30(19-28)46-40(49)13-8-16-53-37-23-33-32(22-36(37)52-3)42(51)47-31(24-44-33)20-27-9-5-6-12-34(27)47/h5-7,9-12,14-15,17,19,21-24,31H,8,13,16,18,20,25H2,1-4H3,(H,45,50)(H,46,49)/t31-,56?/m0/s1. The van der Waals surface area contributed by atoms with Crippen LogP contribution in [0, 0.1) is 0 Å². The maximum atomic E-state index is 13.7. The summed E-state index contributed by atoms with van der Waals surface area (Å²) in [7, 11) is 1.26. The Hall–Kier alpha value is -5.24. The molecular formula is C43H42N4O6S3. The van der Waals surface area contributed by atoms with Crippen molar-refractivity contribution >= 4 is 88.8 Å². The van der Waals surface area contributed by atoms with Gasteiger partial charge >= 0.3 is 0 Å². The third-order valence-electron chi connectivity index (χ3n) is 10.0. The Morgan fingerprint density at radius 2 is 1.84 bits per heavy atom. The SMILES string of the molecule is COc1cc2c(cc1OCCCC(=O)Nc1cccc(C(=O)Cc3ccc4sc(C(=O)NCC(C)(C)S(C)=S)cc4c3)c1)N=C[C@@H]1Cc3ccccc3N1C2=O. The van der Waals surface area contributed by atoms with Gasteiger partial charge in [0.05, 0.1) is 35.9 Å². The molecule has 3 heterocycles. The van der Waals surface area contributed by atoms with E-state index in [-0.39, 0.29) is 63.2 Å². The lowest BCUT2D eigenvalue weighted by molar-refractivity contribution is -0.116. The van der Waals surface area contributed by atoms with E-state index in [1.54, 1.807) is 41.3 Å². The zero-order valence-electron chi connectivity index (χ0n) is 31.5. The van der Waals surface area contributed by atoms with Crippen molar-refractivity contribution in [2.45, 2.75) is 50.3 Å². The highest BCUT2D eigenvalue weighted by atomic mass is 32.8. The van der Waals surface area contributed by atoms with Crippen LogP contribution >= 0.6 is 11.3 Å². The van der Waals surface area contributed by atoms with E-state index >= 15 is 0 Å². The highest BCUT2D eigenvalue weighted by Gasteiger charge is 2.36. The van der Waals surface area contributed by atoms with Gasteiger partial charge in [0.1, 0.15) is 0 Å². The van der Waals surface area contributed by atoms with Gasteiger partial charge in [0, 0.05) is 64.5 Å². The Kier molecular flexibility index (Phi) is 11.5. The van der Waals surface area contributed by atoms with Crippen LogP contribution in [0.1, 0.15) is 68.2 Å². The number of amides is 3. The van der Waals surface area contributed by atoms with Gasteiger partial charge in [0.25, 0.3) is 11.8 Å². The molecule has 0 bridgehead atoms. The third-order valence-corrected chi connectivity index (χ3v) is 14.2. The summed E-state index contributed by atoms with van der Waals surface area (Å²) in [4.78, 5) is 59.8. The van der Waals surface area contributed by atoms with E-state index in [9.17, 15) is 19.2 Å². The number of aliphatic imine (C=N–C) groups is 1. The molecule has 2 atom stereocenters. The minimum atomic E-state index is -0.259. The number of carbonyl (C=O) groups excluding carboxylic acids is 4. The third kappa shape index (κ3) is 8.45. The fourth-order valence-corrected chi connectivity index (χ4v) is 8.09. The first-order valence-corrected chi connectivity index (χ1v) is 21.7. The summed E-state index contributed by atoms with van der Waals surface area (Å²) in [6, 6.07) is 25.7. The van der Waals surface area contributed by atoms with Gasteiger partial charge in [-0.25, -0.2) is 0 Å². The van der Waals surface area contributed by atoms with Gasteiger partial charge in [-0.3, -0.25) is 29.1 Å². The minimum Gasteiger partial charge on any atom is -0.493 e. The second-order valence-corrected chi connectivity index (χ2v) is 19.0. The van der Waals surface area contributed by atoms with Crippen molar-refractivity contribution in [1.82, 2.24) is 5.32 Å². The van der Waals surface area contributed by atoms with E-state index in [1.165, 1.54) is 18.4 Å². The fourth-order valence-electron chi connectivity index (χ4n) is 6.68. The van der Waals surface area contributed by atoms with Gasteiger partial charge in [0.2, 0.25) is 5.91 Å². The second-order valence-electron chi connectivity index (χ2n) is 14.4. The Balaban J connectivity index is 0.914. The predicted molar refractivity (Wildman–Crippen MR) is 229 cm³/mol. The molecule has 0 spiro atoms. The zero-order chi connectivity index (χ0) is 39.6. The molecule has 1 unspecified atom stereocenters. The van der Waals surface area contributed by atoms with Crippen molar-refractivity contribution in [1.29, 1.82) is 0 Å². The molecule has 10 nitrogen and oxygen atoms in total. The van der Waals surface area contributed by atoms with E-state index in [0.29, 0.717) is 58.3 Å². The number of carbonyl (C=O) groups is 4. The Labute approximate surface area is 336 Å². The smallest absolute Gasteiger partial charge is 0.261 e. The van der Waals surface area contributed by atoms with Gasteiger partial charge in [-0.05, 0) is 85.5 Å². The Bertz CT molecular complexity index is 2420. The molecule has 3 amide bonds. The summed E-state index contributed by atoms with van der Waals surface area (Å²) in [5, 5.41) is 6.81. The number of thiophene rings is 1. The largest absolute Gasteiger partial charge is 0.493 e. The van der Waals surface area contributed by atoms with Gasteiger partial charge in [-0.15, -0.1) is 20.8 Å². The number of hydrogen-bond donors (Lipinski definition) is 2. The van der Waals surface area contributed by atoms with Crippen LogP contribution in [0.5, 0.6) is 11.5 Å². The highest BCUT2D eigenvalue weighted by molar-refractivity contribution is 8.29. The van der Waals surface area contributed by atoms with Gasteiger partial charge in [-0.1, -0.05) is 47.6 Å². The summed E-state index contributed by atoms with van der Waals surface area (Å²) < 4.78 is 12.4. The number of anilines is 2. The average molecular weight is 807 g/mol. The molecule has 2 N–H and O–H groups in total. The quantitative estimate of drug-likeness (QED) is 0.0873. The van der Waals surface area contributed by atoms with Crippen LogP contribution in [0.15, 0.2) is 89.9 Å². The summed E-state index contributed by atoms with van der Waals surface area (Å²) >= 11 is 6.85. The second kappa shape index (κ2) is 16.5. The number of nitrogens with one attached hydrogen (secondary N) is 2. The molecule has 2 aliphatic rings. The molecule has 0 saturated heterocycles. The van der Waals surface area contributed by atoms with Crippen LogP contribution in [0.4, 0.5) is 17.1 Å². The Morgan fingerprint density at radius 3 is 2.64 bits per heavy atom. The summed E-state index contributed by atoms with van der Waals surface area (Å²) in [6.45, 7) is 4.84. The lowest BCUT2D eigenvalue weighted by atomic mass is 10.0. The number of benzene rings is 4. The molecule has 56 heavy (non-hydrogen) atoms. The van der Waals surface area contributed by atoms with Crippen molar-refractivity contribution in [2.75, 3.05) is 36.7 Å². The van der Waals surface area contributed by atoms with Crippen molar-refractivity contribution in [3.63, 3.8) is 0 Å². The lowest BCUT2D eigenvalue weighted by Gasteiger charge is -2.24. The minimum absolute atomic E-state index is 0.0888. The van der Waals surface area contributed by atoms with Gasteiger partial charge in [-0.2, -0.15) is 0 Å². The maximum absolute atomic E-state index is 13.7. The van der Waals surface area contributed by atoms with Crippen LogP contribution < -0.4 is 25.0 Å². The fraction of sp³-hybridized carbons (Fsp3) is 0.279. The zero-order valence-corrected chi connectivity index (χ0v) is 34.0. The number of ether oxygens (including phenoxy) is 2. The lowest BCUT2D eigenvalue weighted by Crippen LogP contribution is -2.40. The molecule has 7 rings (SSSR count). The number of rotatable bonds is 14. The molecular weight excluding hydrogens is 765 g/mol. The first-order valence-electron chi connectivity index (χ1n) is 18.3. The summed E-state index contributed by atoms with van der Waals surface area (Å²) in [6.07, 6.45) is 5.28. The predicted octanol–water partition coefficient (Wildman–Crippen LogP) is 7.64. The van der Waals surface area contributed by atoms with Crippen LogP contribution in [-0.2, 0) is 38.3 Å². The average Bonchev–Trinajstić information content (AvgIpc) is 3.75. The van der Waals surface area contributed by atoms with Crippen molar-refractivity contribution < 1.29 is 28.7 Å². The van der Waals surface area contributed by atoms with Crippen LogP contribution in [-0.4, -0.2) is 67.0 Å². The van der Waals surface area contributed by atoms with Crippen LogP contribution in [0.25, 0.3) is 10.1 Å². The molecule has 288 valence electrons. The van der Waals surface area contributed by atoms with Crippen molar-refractivity contribution in [3.05, 3.63) is 112 Å². The summed E-state index contributed by atoms with van der Waals surface area (Å²) in [5.74, 6) is 0.269. The molecule has 0 fully saturated rings. The highest BCUT2D eigenvalue weighted by Crippen LogP contribution is 2.41. The van der Waals surface area contributed by atoms with E-state index in [2.05, 4.69) is 29.5 Å². The van der Waals surface area contributed by atoms with Gasteiger partial charge < -0.3 is 20.1 Å². The van der Waals surface area contributed by atoms with Gasteiger partial charge in [0.15, 0.2) is 17.3 Å². The van der Waals surface area contributed by atoms with Crippen LogP contribution in [0.2, 0.25) is 0 Å². The van der Waals surface area contributed by atoms with E-state index in [0.717, 1.165) is 26.9 Å². The molecule has 4 aromatic carbocycles. The van der Waals surface area contributed by atoms with E-state index in [4.69, 9.17) is 20.7 Å². The van der Waals surface area contributed by atoms with Crippen molar-refractivity contribution in [2.24, 2.45) is 4.99 Å². The molecule has 0 aliphatic carbocycles. The number of ketones is 1. The van der Waals surface area contributed by atoms with Crippen molar-refractivity contribution in [3.8, 4) is 11.5 Å². The monoisotopic (exact) mass is 806 g/mol. The number of para-hydroxylation sites is 1.